The summed E-state index contributed by atoms with van der Waals surface area (Å²) in [6.07, 6.45) is 8.13. The summed E-state index contributed by atoms with van der Waals surface area (Å²) >= 11 is 0. The Morgan fingerprint density at radius 2 is 1.47 bits per heavy atom. The summed E-state index contributed by atoms with van der Waals surface area (Å²) in [4.78, 5) is 19.1. The molecular formula is C26H43N8+. The largest absolute Gasteiger partial charge is 0.396 e. The molecule has 186 valence electrons. The zero-order valence-corrected chi connectivity index (χ0v) is 22.0. The molecule has 8 nitrogen and oxygen atoms in total. The van der Waals surface area contributed by atoms with Crippen LogP contribution in [0.15, 0.2) is 30.9 Å². The van der Waals surface area contributed by atoms with Gasteiger partial charge in [0, 0.05) is 64.1 Å². The van der Waals surface area contributed by atoms with Crippen LogP contribution in [-0.4, -0.2) is 83.2 Å². The summed E-state index contributed by atoms with van der Waals surface area (Å²) in [6, 6.07) is 1.98. The number of piperazine rings is 2. The summed E-state index contributed by atoms with van der Waals surface area (Å²) < 4.78 is 2.31. The average molecular weight is 468 g/mol. The second-order valence-corrected chi connectivity index (χ2v) is 11.4. The zero-order valence-electron chi connectivity index (χ0n) is 22.0. The van der Waals surface area contributed by atoms with E-state index in [1.807, 2.05) is 25.4 Å². The van der Waals surface area contributed by atoms with E-state index < -0.39 is 0 Å². The Balaban J connectivity index is 1.36. The van der Waals surface area contributed by atoms with E-state index in [-0.39, 0.29) is 11.1 Å². The predicted molar refractivity (Wildman–Crippen MR) is 139 cm³/mol. The molecule has 0 amide bonds. The third kappa shape index (κ3) is 5.44. The SMILES string of the molecule is Cc1ccnc(N2CCN(C(C)(C)C[n+]3ccnc(N4CCN(C(C)(C)C)CC4)c3)CC2)c1N. The highest BCUT2D eigenvalue weighted by Gasteiger charge is 2.34. The standard InChI is InChI=1S/C26H43N8/c1-21-7-8-29-24(23(21)27)32-13-17-34(18-14-32)26(5,6)20-30-10-9-28-22(19-30)31-11-15-33(16-12-31)25(2,3)4/h7-10,19H,11-18,20,27H2,1-6H3/q+1. The Morgan fingerprint density at radius 1 is 0.853 bits per heavy atom. The first-order valence-corrected chi connectivity index (χ1v) is 12.6. The van der Waals surface area contributed by atoms with Gasteiger partial charge in [0.15, 0.2) is 24.4 Å². The van der Waals surface area contributed by atoms with Crippen molar-refractivity contribution in [1.29, 1.82) is 0 Å². The Hall–Kier alpha value is -2.45. The minimum Gasteiger partial charge on any atom is -0.396 e. The molecule has 4 rings (SSSR count). The molecule has 2 aliphatic heterocycles. The van der Waals surface area contributed by atoms with Gasteiger partial charge in [-0.05, 0) is 53.2 Å². The van der Waals surface area contributed by atoms with Crippen LogP contribution in [0.1, 0.15) is 40.2 Å². The van der Waals surface area contributed by atoms with Crippen LogP contribution in [0.2, 0.25) is 0 Å². The molecule has 0 radical (unpaired) electrons. The molecule has 0 aliphatic carbocycles. The van der Waals surface area contributed by atoms with E-state index >= 15 is 0 Å². The van der Waals surface area contributed by atoms with Crippen molar-refractivity contribution in [2.24, 2.45) is 0 Å². The maximum absolute atomic E-state index is 6.31. The van der Waals surface area contributed by atoms with Gasteiger partial charge in [0.05, 0.1) is 17.4 Å². The van der Waals surface area contributed by atoms with Crippen molar-refractivity contribution >= 4 is 17.3 Å². The van der Waals surface area contributed by atoms with Gasteiger partial charge < -0.3 is 15.5 Å². The number of hydrogen-bond acceptors (Lipinski definition) is 7. The first-order valence-electron chi connectivity index (χ1n) is 12.6. The number of rotatable bonds is 5. The van der Waals surface area contributed by atoms with Crippen LogP contribution in [-0.2, 0) is 6.54 Å². The van der Waals surface area contributed by atoms with Gasteiger partial charge in [-0.15, -0.1) is 0 Å². The van der Waals surface area contributed by atoms with E-state index in [0.717, 1.165) is 81.8 Å². The third-order valence-electron chi connectivity index (χ3n) is 7.49. The normalized spacial score (nSPS) is 19.0. The van der Waals surface area contributed by atoms with Gasteiger partial charge in [-0.2, -0.15) is 4.57 Å². The molecule has 2 aromatic rings. The topological polar surface area (TPSA) is 68.6 Å². The lowest BCUT2D eigenvalue weighted by molar-refractivity contribution is -0.706. The van der Waals surface area contributed by atoms with Gasteiger partial charge in [0.1, 0.15) is 0 Å². The van der Waals surface area contributed by atoms with Crippen LogP contribution in [0.4, 0.5) is 17.3 Å². The fraction of sp³-hybridized carbons (Fsp3) is 0.654. The molecule has 2 saturated heterocycles. The highest BCUT2D eigenvalue weighted by atomic mass is 15.3. The number of nitrogen functional groups attached to an aromatic ring is 1. The average Bonchev–Trinajstić information content (AvgIpc) is 2.80. The van der Waals surface area contributed by atoms with Crippen LogP contribution in [0.25, 0.3) is 0 Å². The molecule has 0 atom stereocenters. The van der Waals surface area contributed by atoms with Crippen molar-refractivity contribution < 1.29 is 4.57 Å². The number of nitrogens with zero attached hydrogens (tertiary/aromatic N) is 7. The Labute approximate surface area is 205 Å². The molecule has 0 saturated carbocycles. The molecule has 0 spiro atoms. The fourth-order valence-electron chi connectivity index (χ4n) is 5.17. The molecule has 34 heavy (non-hydrogen) atoms. The summed E-state index contributed by atoms with van der Waals surface area (Å²) in [6.45, 7) is 22.6. The van der Waals surface area contributed by atoms with Crippen molar-refractivity contribution in [3.63, 3.8) is 0 Å². The zero-order chi connectivity index (χ0) is 24.5. The van der Waals surface area contributed by atoms with Crippen molar-refractivity contribution in [1.82, 2.24) is 19.8 Å². The van der Waals surface area contributed by atoms with Crippen molar-refractivity contribution in [2.45, 2.75) is 59.2 Å². The summed E-state index contributed by atoms with van der Waals surface area (Å²) in [7, 11) is 0. The maximum atomic E-state index is 6.31. The second-order valence-electron chi connectivity index (χ2n) is 11.4. The van der Waals surface area contributed by atoms with Gasteiger partial charge in [0.25, 0.3) is 0 Å². The van der Waals surface area contributed by atoms with Gasteiger partial charge in [-0.1, -0.05) is 0 Å². The summed E-state index contributed by atoms with van der Waals surface area (Å²) in [5.41, 5.74) is 8.47. The van der Waals surface area contributed by atoms with E-state index in [0.29, 0.717) is 0 Å². The van der Waals surface area contributed by atoms with Gasteiger partial charge >= 0.3 is 0 Å². The summed E-state index contributed by atoms with van der Waals surface area (Å²) in [5.74, 6) is 2.01. The Bertz CT molecular complexity index is 967. The second kappa shape index (κ2) is 9.66. The van der Waals surface area contributed by atoms with Crippen molar-refractivity contribution in [3.8, 4) is 0 Å². The van der Waals surface area contributed by atoms with Crippen LogP contribution in [0.3, 0.4) is 0 Å². The molecule has 0 bridgehead atoms. The highest BCUT2D eigenvalue weighted by molar-refractivity contribution is 5.66. The van der Waals surface area contributed by atoms with Gasteiger partial charge in [0.2, 0.25) is 6.20 Å². The van der Waals surface area contributed by atoms with E-state index in [1.54, 1.807) is 0 Å². The van der Waals surface area contributed by atoms with Crippen LogP contribution in [0, 0.1) is 6.92 Å². The lowest BCUT2D eigenvalue weighted by Gasteiger charge is -2.43. The van der Waals surface area contributed by atoms with E-state index in [1.165, 1.54) is 0 Å². The first kappa shape index (κ1) is 24.7. The number of aryl methyl sites for hydroxylation is 1. The molecule has 2 aromatic heterocycles. The minimum atomic E-state index is 0.0336. The number of anilines is 3. The molecule has 0 aromatic carbocycles. The van der Waals surface area contributed by atoms with Crippen molar-refractivity contribution in [2.75, 3.05) is 67.9 Å². The summed E-state index contributed by atoms with van der Waals surface area (Å²) in [5, 5.41) is 0. The minimum absolute atomic E-state index is 0.0336. The molecular weight excluding hydrogens is 424 g/mol. The number of hydrogen-bond donors (Lipinski definition) is 1. The van der Waals surface area contributed by atoms with E-state index in [4.69, 9.17) is 10.7 Å². The number of nitrogens with two attached hydrogens (primary N) is 1. The van der Waals surface area contributed by atoms with Gasteiger partial charge in [-0.3, -0.25) is 9.80 Å². The Kier molecular flexibility index (Phi) is 7.01. The van der Waals surface area contributed by atoms with Crippen LogP contribution in [0.5, 0.6) is 0 Å². The van der Waals surface area contributed by atoms with Crippen LogP contribution >= 0.6 is 0 Å². The number of pyridine rings is 1. The fourth-order valence-corrected chi connectivity index (χ4v) is 5.17. The molecule has 8 heteroatoms. The highest BCUT2D eigenvalue weighted by Crippen LogP contribution is 2.26. The van der Waals surface area contributed by atoms with Gasteiger partial charge in [-0.25, -0.2) is 9.97 Å². The van der Waals surface area contributed by atoms with E-state index in [9.17, 15) is 0 Å². The van der Waals surface area contributed by atoms with E-state index in [2.05, 4.69) is 76.2 Å². The first-order chi connectivity index (χ1) is 16.0. The monoisotopic (exact) mass is 467 g/mol. The quantitative estimate of drug-likeness (QED) is 0.676. The molecule has 2 N–H and O–H groups in total. The molecule has 2 aliphatic rings. The molecule has 0 unspecified atom stereocenters. The van der Waals surface area contributed by atoms with Crippen molar-refractivity contribution in [3.05, 3.63) is 36.4 Å². The third-order valence-corrected chi connectivity index (χ3v) is 7.49. The smallest absolute Gasteiger partial charge is 0.211 e. The lowest BCUT2D eigenvalue weighted by atomic mass is 10.0. The van der Waals surface area contributed by atoms with Crippen LogP contribution < -0.4 is 20.1 Å². The lowest BCUT2D eigenvalue weighted by Crippen LogP contribution is -2.60. The maximum Gasteiger partial charge on any atom is 0.211 e. The Morgan fingerprint density at radius 3 is 2.12 bits per heavy atom. The predicted octanol–water partition coefficient (Wildman–Crippen LogP) is 2.18. The number of aromatic nitrogens is 3. The molecule has 2 fully saturated rings. The molecule has 4 heterocycles.